The Morgan fingerprint density at radius 3 is 2.18 bits per heavy atom. The van der Waals surface area contributed by atoms with Gasteiger partial charge in [-0.25, -0.2) is 0 Å². The van der Waals surface area contributed by atoms with Crippen molar-refractivity contribution < 1.29 is 4.79 Å². The Hall–Kier alpha value is -0.740. The lowest BCUT2D eigenvalue weighted by molar-refractivity contribution is 0.0944. The molecule has 9 heteroatoms. The summed E-state index contributed by atoms with van der Waals surface area (Å²) >= 11 is 17.3. The van der Waals surface area contributed by atoms with E-state index in [1.165, 1.54) is 23.5 Å². The second-order valence-electron chi connectivity index (χ2n) is 6.56. The molecule has 0 amide bonds. The summed E-state index contributed by atoms with van der Waals surface area (Å²) in [5.41, 5.74) is 1.48. The summed E-state index contributed by atoms with van der Waals surface area (Å²) in [7, 11) is 7.64. The standard InChI is InChI=1S/C19H22BrN3OS4/c1-22(2)18(25)27-10-14(11-28-19(26)23(3)4)17(24)13-7-12-8-15(20)5-6-16(12)21-9-13/h5-9,14H,10-11H2,1-4H3. The second kappa shape index (κ2) is 10.9. The molecule has 0 aliphatic heterocycles. The number of Topliss-reactive ketones (excluding diaryl/α,β-unsaturated/α-hetero) is 1. The number of pyridine rings is 1. The molecule has 0 bridgehead atoms. The summed E-state index contributed by atoms with van der Waals surface area (Å²) in [5.74, 6) is 1.07. The molecule has 1 aromatic carbocycles. The molecule has 0 radical (unpaired) electrons. The number of benzene rings is 1. The molecule has 2 rings (SSSR count). The van der Waals surface area contributed by atoms with Crippen molar-refractivity contribution in [1.82, 2.24) is 14.8 Å². The number of aromatic nitrogens is 1. The lowest BCUT2D eigenvalue weighted by Crippen LogP contribution is -2.25. The molecular weight excluding hydrogens is 494 g/mol. The van der Waals surface area contributed by atoms with Crippen LogP contribution in [0.2, 0.25) is 0 Å². The number of hydrogen-bond donors (Lipinski definition) is 0. The van der Waals surface area contributed by atoms with Crippen molar-refractivity contribution in [2.75, 3.05) is 39.7 Å². The number of thiocarbonyl (C=S) groups is 2. The molecule has 0 atom stereocenters. The van der Waals surface area contributed by atoms with Gasteiger partial charge in [0.1, 0.15) is 8.64 Å². The number of carbonyl (C=O) groups is 1. The number of carbonyl (C=O) groups excluding carboxylic acids is 1. The Bertz CT molecular complexity index is 865. The van der Waals surface area contributed by atoms with E-state index >= 15 is 0 Å². The van der Waals surface area contributed by atoms with E-state index in [-0.39, 0.29) is 11.7 Å². The highest BCUT2D eigenvalue weighted by Gasteiger charge is 2.23. The van der Waals surface area contributed by atoms with Gasteiger partial charge in [0.15, 0.2) is 5.78 Å². The van der Waals surface area contributed by atoms with Crippen LogP contribution in [0.5, 0.6) is 0 Å². The van der Waals surface area contributed by atoms with Crippen LogP contribution in [0.4, 0.5) is 0 Å². The Kier molecular flexibility index (Phi) is 9.14. The molecule has 0 aliphatic carbocycles. The van der Waals surface area contributed by atoms with Crippen molar-refractivity contribution in [3.63, 3.8) is 0 Å². The van der Waals surface area contributed by atoms with Gasteiger partial charge in [0.2, 0.25) is 0 Å². The van der Waals surface area contributed by atoms with Crippen LogP contribution in [0.1, 0.15) is 10.4 Å². The molecule has 0 spiro atoms. The molecular formula is C19H22BrN3OS4. The summed E-state index contributed by atoms with van der Waals surface area (Å²) in [5, 5.41) is 0.937. The maximum absolute atomic E-state index is 13.2. The van der Waals surface area contributed by atoms with Gasteiger partial charge in [-0.1, -0.05) is 63.9 Å². The summed E-state index contributed by atoms with van der Waals surface area (Å²) < 4.78 is 2.49. The van der Waals surface area contributed by atoms with Gasteiger partial charge in [-0.15, -0.1) is 0 Å². The molecule has 0 N–H and O–H groups in total. The third kappa shape index (κ3) is 6.66. The van der Waals surface area contributed by atoms with E-state index in [2.05, 4.69) is 20.9 Å². The van der Waals surface area contributed by atoms with Gasteiger partial charge >= 0.3 is 0 Å². The Morgan fingerprint density at radius 1 is 1.07 bits per heavy atom. The van der Waals surface area contributed by atoms with Crippen molar-refractivity contribution in [1.29, 1.82) is 0 Å². The van der Waals surface area contributed by atoms with E-state index in [1.807, 2.05) is 62.3 Å². The quantitative estimate of drug-likeness (QED) is 0.394. The number of thioether (sulfide) groups is 2. The fourth-order valence-corrected chi connectivity index (χ4v) is 4.95. The lowest BCUT2D eigenvalue weighted by atomic mass is 10.0. The highest BCUT2D eigenvalue weighted by Crippen LogP contribution is 2.25. The molecule has 4 nitrogen and oxygen atoms in total. The van der Waals surface area contributed by atoms with Crippen LogP contribution in [-0.4, -0.2) is 68.9 Å². The first-order chi connectivity index (χ1) is 13.2. The van der Waals surface area contributed by atoms with E-state index in [9.17, 15) is 4.79 Å². The first kappa shape index (κ1) is 23.5. The Labute approximate surface area is 193 Å². The minimum Gasteiger partial charge on any atom is -0.364 e. The van der Waals surface area contributed by atoms with Crippen LogP contribution in [0.3, 0.4) is 0 Å². The van der Waals surface area contributed by atoms with Crippen molar-refractivity contribution in [3.8, 4) is 0 Å². The van der Waals surface area contributed by atoms with E-state index in [1.54, 1.807) is 6.20 Å². The first-order valence-electron chi connectivity index (χ1n) is 8.46. The fourth-order valence-electron chi connectivity index (χ4n) is 2.27. The number of fused-ring (bicyclic) bond motifs is 1. The third-order valence-electron chi connectivity index (χ3n) is 3.84. The molecule has 2 aromatic rings. The zero-order valence-electron chi connectivity index (χ0n) is 16.1. The zero-order chi connectivity index (χ0) is 20.8. The number of halogens is 1. The molecule has 0 saturated heterocycles. The van der Waals surface area contributed by atoms with Gasteiger partial charge < -0.3 is 9.80 Å². The summed E-state index contributed by atoms with van der Waals surface area (Å²) in [4.78, 5) is 21.5. The third-order valence-corrected chi connectivity index (χ3v) is 8.14. The van der Waals surface area contributed by atoms with Gasteiger partial charge in [-0.3, -0.25) is 9.78 Å². The monoisotopic (exact) mass is 515 g/mol. The number of rotatable bonds is 6. The fraction of sp³-hybridized carbons (Fsp3) is 0.368. The highest BCUT2D eigenvalue weighted by atomic mass is 79.9. The van der Waals surface area contributed by atoms with Gasteiger partial charge in [-0.2, -0.15) is 0 Å². The predicted octanol–water partition coefficient (Wildman–Crippen LogP) is 4.96. The zero-order valence-corrected chi connectivity index (χ0v) is 21.0. The van der Waals surface area contributed by atoms with E-state index < -0.39 is 0 Å². The molecule has 1 heterocycles. The molecule has 0 unspecified atom stereocenters. The van der Waals surface area contributed by atoms with Crippen LogP contribution in [0.25, 0.3) is 10.9 Å². The molecule has 0 aliphatic rings. The number of nitrogens with zero attached hydrogens (tertiary/aromatic N) is 3. The SMILES string of the molecule is CN(C)C(=S)SCC(CSC(=S)N(C)C)C(=O)c1cnc2ccc(Br)cc2c1. The normalized spacial score (nSPS) is 10.9. The Morgan fingerprint density at radius 2 is 1.64 bits per heavy atom. The van der Waals surface area contributed by atoms with Gasteiger partial charge in [0, 0.05) is 67.2 Å². The minimum absolute atomic E-state index is 0.0671. The Balaban J connectivity index is 2.23. The van der Waals surface area contributed by atoms with Crippen LogP contribution < -0.4 is 0 Å². The van der Waals surface area contributed by atoms with Crippen molar-refractivity contribution in [3.05, 3.63) is 40.5 Å². The number of ketones is 1. The second-order valence-corrected chi connectivity index (χ2v) is 10.8. The smallest absolute Gasteiger partial charge is 0.169 e. The molecule has 0 saturated carbocycles. The van der Waals surface area contributed by atoms with Crippen LogP contribution in [0, 0.1) is 5.92 Å². The van der Waals surface area contributed by atoms with Crippen molar-refractivity contribution in [2.45, 2.75) is 0 Å². The summed E-state index contributed by atoms with van der Waals surface area (Å²) in [6.07, 6.45) is 1.66. The van der Waals surface area contributed by atoms with Gasteiger partial charge in [0.05, 0.1) is 5.52 Å². The van der Waals surface area contributed by atoms with E-state index in [4.69, 9.17) is 24.4 Å². The van der Waals surface area contributed by atoms with Crippen LogP contribution in [0.15, 0.2) is 34.9 Å². The first-order valence-corrected chi connectivity index (χ1v) is 12.0. The highest BCUT2D eigenvalue weighted by molar-refractivity contribution is 9.10. The average Bonchev–Trinajstić information content (AvgIpc) is 2.66. The summed E-state index contributed by atoms with van der Waals surface area (Å²) in [6, 6.07) is 7.76. The van der Waals surface area contributed by atoms with Crippen molar-refractivity contribution >= 4 is 89.2 Å². The van der Waals surface area contributed by atoms with Gasteiger partial charge in [0.25, 0.3) is 0 Å². The molecule has 0 fully saturated rings. The maximum Gasteiger partial charge on any atom is 0.169 e. The lowest BCUT2D eigenvalue weighted by Gasteiger charge is -2.20. The predicted molar refractivity (Wildman–Crippen MR) is 135 cm³/mol. The number of hydrogen-bond acceptors (Lipinski definition) is 6. The van der Waals surface area contributed by atoms with Gasteiger partial charge in [-0.05, 0) is 24.3 Å². The topological polar surface area (TPSA) is 36.4 Å². The molecule has 28 heavy (non-hydrogen) atoms. The summed E-state index contributed by atoms with van der Waals surface area (Å²) in [6.45, 7) is 0. The van der Waals surface area contributed by atoms with E-state index in [0.717, 1.165) is 24.0 Å². The minimum atomic E-state index is -0.211. The average molecular weight is 517 g/mol. The van der Waals surface area contributed by atoms with E-state index in [0.29, 0.717) is 17.1 Å². The molecule has 1 aromatic heterocycles. The van der Waals surface area contributed by atoms with Crippen LogP contribution in [-0.2, 0) is 0 Å². The maximum atomic E-state index is 13.2. The largest absolute Gasteiger partial charge is 0.364 e. The van der Waals surface area contributed by atoms with Crippen LogP contribution >= 0.6 is 63.9 Å². The van der Waals surface area contributed by atoms with Crippen molar-refractivity contribution in [2.24, 2.45) is 5.92 Å². The molecule has 150 valence electrons.